The van der Waals surface area contributed by atoms with Gasteiger partial charge in [0.25, 0.3) is 10.1 Å². The molecule has 0 aromatic carbocycles. The molecule has 0 unspecified atom stereocenters. The van der Waals surface area contributed by atoms with E-state index in [1.807, 2.05) is 0 Å². The summed E-state index contributed by atoms with van der Waals surface area (Å²) in [6, 6.07) is 0. The van der Waals surface area contributed by atoms with Crippen molar-refractivity contribution in [1.29, 1.82) is 0 Å². The molecule has 1 aliphatic heterocycles. The van der Waals surface area contributed by atoms with Crippen LogP contribution in [0.4, 0.5) is 0 Å². The molecule has 10 heavy (non-hydrogen) atoms. The standard InChI is InChI=1S/C4H6Cl2O3S/c5-4(6)1-2-10(7,8)9-3-4/h1-3H2. The largest absolute Gasteiger partial charge is 0.267 e. The molecule has 6 heteroatoms. The lowest BCUT2D eigenvalue weighted by atomic mass is 10.3. The predicted octanol–water partition coefficient (Wildman–Crippen LogP) is 0.910. The Balaban J connectivity index is 2.63. The first kappa shape index (κ1) is 8.59. The Morgan fingerprint density at radius 3 is 2.30 bits per heavy atom. The van der Waals surface area contributed by atoms with E-state index in [4.69, 9.17) is 23.2 Å². The van der Waals surface area contributed by atoms with Crippen LogP contribution in [0.3, 0.4) is 0 Å². The van der Waals surface area contributed by atoms with E-state index in [2.05, 4.69) is 4.18 Å². The molecule has 0 atom stereocenters. The van der Waals surface area contributed by atoms with E-state index < -0.39 is 14.5 Å². The second-order valence-electron chi connectivity index (χ2n) is 2.13. The fourth-order valence-corrected chi connectivity index (χ4v) is 2.33. The number of hydrogen-bond acceptors (Lipinski definition) is 3. The van der Waals surface area contributed by atoms with Gasteiger partial charge in [0.2, 0.25) is 0 Å². The van der Waals surface area contributed by atoms with E-state index in [0.717, 1.165) is 0 Å². The Labute approximate surface area is 69.4 Å². The molecule has 60 valence electrons. The zero-order valence-corrected chi connectivity index (χ0v) is 7.34. The Morgan fingerprint density at radius 1 is 1.40 bits per heavy atom. The van der Waals surface area contributed by atoms with Crippen molar-refractivity contribution in [3.05, 3.63) is 0 Å². The lowest BCUT2D eigenvalue weighted by molar-refractivity contribution is 0.281. The van der Waals surface area contributed by atoms with Crippen LogP contribution in [0, 0.1) is 0 Å². The maximum atomic E-state index is 10.6. The second kappa shape index (κ2) is 2.52. The highest BCUT2D eigenvalue weighted by molar-refractivity contribution is 7.86. The highest BCUT2D eigenvalue weighted by Crippen LogP contribution is 2.30. The zero-order valence-electron chi connectivity index (χ0n) is 5.01. The second-order valence-corrected chi connectivity index (χ2v) is 5.53. The van der Waals surface area contributed by atoms with Crippen LogP contribution in [0.1, 0.15) is 6.42 Å². The van der Waals surface area contributed by atoms with Gasteiger partial charge in [0, 0.05) is 0 Å². The van der Waals surface area contributed by atoms with Gasteiger partial charge in [0.1, 0.15) is 4.33 Å². The maximum Gasteiger partial charge on any atom is 0.267 e. The third-order valence-electron chi connectivity index (χ3n) is 1.17. The van der Waals surface area contributed by atoms with Gasteiger partial charge in [-0.3, -0.25) is 4.18 Å². The van der Waals surface area contributed by atoms with Gasteiger partial charge in [-0.15, -0.1) is 0 Å². The molecule has 0 radical (unpaired) electrons. The van der Waals surface area contributed by atoms with E-state index in [0.29, 0.717) is 0 Å². The van der Waals surface area contributed by atoms with Crippen molar-refractivity contribution in [2.24, 2.45) is 0 Å². The first-order valence-corrected chi connectivity index (χ1v) is 5.00. The highest BCUT2D eigenvalue weighted by Gasteiger charge is 2.34. The van der Waals surface area contributed by atoms with Crippen LogP contribution in [-0.4, -0.2) is 25.1 Å². The smallest absolute Gasteiger partial charge is 0.267 e. The lowest BCUT2D eigenvalue weighted by Crippen LogP contribution is -2.33. The fourth-order valence-electron chi connectivity index (χ4n) is 0.581. The average molecular weight is 205 g/mol. The summed E-state index contributed by atoms with van der Waals surface area (Å²) in [5, 5.41) is 0. The summed E-state index contributed by atoms with van der Waals surface area (Å²) < 4.78 is 24.6. The minimum atomic E-state index is -3.32. The quantitative estimate of drug-likeness (QED) is 0.436. The van der Waals surface area contributed by atoms with Crippen molar-refractivity contribution in [3.8, 4) is 0 Å². The van der Waals surface area contributed by atoms with Gasteiger partial charge in [-0.25, -0.2) is 0 Å². The van der Waals surface area contributed by atoms with Gasteiger partial charge in [-0.1, -0.05) is 23.2 Å². The molecule has 0 amide bonds. The summed E-state index contributed by atoms with van der Waals surface area (Å²) in [4.78, 5) is 0. The number of alkyl halides is 2. The van der Waals surface area contributed by atoms with Gasteiger partial charge >= 0.3 is 0 Å². The molecule has 0 aromatic rings. The van der Waals surface area contributed by atoms with Crippen LogP contribution in [0.5, 0.6) is 0 Å². The summed E-state index contributed by atoms with van der Waals surface area (Å²) in [5.74, 6) is -0.0972. The molecule has 0 aliphatic carbocycles. The topological polar surface area (TPSA) is 43.4 Å². The van der Waals surface area contributed by atoms with Crippen LogP contribution < -0.4 is 0 Å². The van der Waals surface area contributed by atoms with Gasteiger partial charge in [-0.2, -0.15) is 8.42 Å². The summed E-state index contributed by atoms with van der Waals surface area (Å²) in [6.07, 6.45) is 0.235. The summed E-state index contributed by atoms with van der Waals surface area (Å²) in [6.45, 7) is -0.140. The molecule has 1 fully saturated rings. The van der Waals surface area contributed by atoms with Crippen LogP contribution >= 0.6 is 23.2 Å². The molecule has 1 aliphatic rings. The minimum absolute atomic E-state index is 0.0972. The van der Waals surface area contributed by atoms with E-state index in [1.54, 1.807) is 0 Å². The van der Waals surface area contributed by atoms with Crippen molar-refractivity contribution in [3.63, 3.8) is 0 Å². The molecule has 0 bridgehead atoms. The fraction of sp³-hybridized carbons (Fsp3) is 1.00. The van der Waals surface area contributed by atoms with Crippen LogP contribution in [0.2, 0.25) is 0 Å². The van der Waals surface area contributed by atoms with Gasteiger partial charge in [0.15, 0.2) is 0 Å². The average Bonchev–Trinajstić information content (AvgIpc) is 1.79. The molecular weight excluding hydrogens is 199 g/mol. The van der Waals surface area contributed by atoms with Crippen molar-refractivity contribution < 1.29 is 12.6 Å². The first-order valence-electron chi connectivity index (χ1n) is 2.66. The van der Waals surface area contributed by atoms with E-state index in [9.17, 15) is 8.42 Å². The Morgan fingerprint density at radius 2 is 2.00 bits per heavy atom. The zero-order chi connectivity index (χ0) is 7.83. The molecule has 1 heterocycles. The maximum absolute atomic E-state index is 10.6. The minimum Gasteiger partial charge on any atom is -0.267 e. The summed E-state index contributed by atoms with van der Waals surface area (Å²) in [5.41, 5.74) is 0. The lowest BCUT2D eigenvalue weighted by Gasteiger charge is -2.23. The van der Waals surface area contributed by atoms with E-state index in [1.165, 1.54) is 0 Å². The van der Waals surface area contributed by atoms with Crippen molar-refractivity contribution in [1.82, 2.24) is 0 Å². The molecule has 0 spiro atoms. The van der Waals surface area contributed by atoms with Crippen LogP contribution in [-0.2, 0) is 14.3 Å². The van der Waals surface area contributed by atoms with Gasteiger partial charge in [0.05, 0.1) is 12.4 Å². The molecule has 3 nitrogen and oxygen atoms in total. The molecular formula is C4H6Cl2O3S. The number of halogens is 2. The third kappa shape index (κ3) is 2.27. The molecule has 0 saturated carbocycles. The molecule has 0 N–H and O–H groups in total. The molecule has 0 aromatic heterocycles. The summed E-state index contributed by atoms with van der Waals surface area (Å²) >= 11 is 11.2. The van der Waals surface area contributed by atoms with E-state index >= 15 is 0 Å². The third-order valence-corrected chi connectivity index (χ3v) is 2.94. The monoisotopic (exact) mass is 204 g/mol. The number of rotatable bonds is 0. The normalized spacial score (nSPS) is 29.8. The van der Waals surface area contributed by atoms with Gasteiger partial charge in [-0.05, 0) is 6.42 Å². The van der Waals surface area contributed by atoms with Crippen molar-refractivity contribution in [2.45, 2.75) is 10.8 Å². The number of hydrogen-bond donors (Lipinski definition) is 0. The SMILES string of the molecule is O=S1(=O)CCC(Cl)(Cl)CO1. The van der Waals surface area contributed by atoms with Crippen molar-refractivity contribution in [2.75, 3.05) is 12.4 Å². The summed E-state index contributed by atoms with van der Waals surface area (Å²) in [7, 11) is -3.32. The molecule has 1 saturated heterocycles. The van der Waals surface area contributed by atoms with Crippen LogP contribution in [0.25, 0.3) is 0 Å². The van der Waals surface area contributed by atoms with Crippen molar-refractivity contribution >= 4 is 33.3 Å². The van der Waals surface area contributed by atoms with Gasteiger partial charge < -0.3 is 0 Å². The van der Waals surface area contributed by atoms with E-state index in [-0.39, 0.29) is 18.8 Å². The Kier molecular flexibility index (Phi) is 2.16. The Hall–Kier alpha value is 0.490. The molecule has 1 rings (SSSR count). The Bertz CT molecular complexity index is 205. The highest BCUT2D eigenvalue weighted by atomic mass is 35.5. The van der Waals surface area contributed by atoms with Crippen LogP contribution in [0.15, 0.2) is 0 Å². The first-order chi connectivity index (χ1) is 4.41. The predicted molar refractivity (Wildman–Crippen MR) is 38.8 cm³/mol.